The van der Waals surface area contributed by atoms with Crippen molar-refractivity contribution in [3.05, 3.63) is 138 Å². The summed E-state index contributed by atoms with van der Waals surface area (Å²) in [5, 5.41) is -0.328. The second kappa shape index (κ2) is 19.1. The summed E-state index contributed by atoms with van der Waals surface area (Å²) in [6, 6.07) is 20.9. The van der Waals surface area contributed by atoms with Crippen LogP contribution in [0.2, 0.25) is 18.1 Å². The van der Waals surface area contributed by atoms with Gasteiger partial charge in [-0.25, -0.2) is 23.1 Å². The highest BCUT2D eigenvalue weighted by Crippen LogP contribution is 2.58. The Bertz CT molecular complexity index is 2470. The summed E-state index contributed by atoms with van der Waals surface area (Å²) in [4.78, 5) is 53.0. The van der Waals surface area contributed by atoms with Gasteiger partial charge in [-0.3, -0.25) is 23.2 Å². The van der Waals surface area contributed by atoms with Crippen LogP contribution in [-0.4, -0.2) is 83.6 Å². The Labute approximate surface area is 363 Å². The van der Waals surface area contributed by atoms with Gasteiger partial charge in [-0.05, 0) is 41.1 Å². The molecule has 0 amide bonds. The Kier molecular flexibility index (Phi) is 14.3. The van der Waals surface area contributed by atoms with Gasteiger partial charge in [0.1, 0.15) is 44.0 Å². The van der Waals surface area contributed by atoms with Crippen LogP contribution in [0.25, 0.3) is 0 Å². The van der Waals surface area contributed by atoms with Crippen LogP contribution in [0.4, 0.5) is 4.39 Å². The number of alkyl halides is 1. The van der Waals surface area contributed by atoms with Crippen molar-refractivity contribution in [1.29, 1.82) is 0 Å². The van der Waals surface area contributed by atoms with Crippen LogP contribution in [0.1, 0.15) is 44.4 Å². The molecular formula is C41H52FN4O13PSSi. The Hall–Kier alpha value is -3.76. The average molecular weight is 919 g/mol. The zero-order valence-electron chi connectivity index (χ0n) is 35.3. The first-order valence-electron chi connectivity index (χ1n) is 20.1. The molecule has 0 N–H and O–H groups in total. The van der Waals surface area contributed by atoms with Gasteiger partial charge in [0.05, 0.1) is 26.4 Å². The lowest BCUT2D eigenvalue weighted by molar-refractivity contribution is -0.0749. The predicted octanol–water partition coefficient (Wildman–Crippen LogP) is 4.58. The minimum atomic E-state index is -3.63. The van der Waals surface area contributed by atoms with E-state index in [1.807, 2.05) is 94.5 Å². The van der Waals surface area contributed by atoms with E-state index in [9.17, 15) is 19.2 Å². The van der Waals surface area contributed by atoms with Gasteiger partial charge in [-0.2, -0.15) is 0 Å². The van der Waals surface area contributed by atoms with E-state index < -0.39 is 86.7 Å². The summed E-state index contributed by atoms with van der Waals surface area (Å²) in [6.45, 7) is 5.53. The SMILES string of the molecule is CO[C@@H]1[C@@H]2O[P@](=S)(OC[C@H]3O[C@@H](n4ccc(=O)n(COCc5ccccc5)c4=O)[C@H](F)[C@@H]3O[Si](C)(C)C(C)(C)C)OC[C@H]2O[C@H]1n1ccc(=O)n(COCc2ccccc2)c1=O. The molecule has 21 heteroatoms. The third-order valence-electron chi connectivity index (χ3n) is 11.5. The molecule has 7 rings (SSSR count). The third kappa shape index (κ3) is 9.96. The highest BCUT2D eigenvalue weighted by molar-refractivity contribution is 8.07. The van der Waals surface area contributed by atoms with Crippen molar-refractivity contribution in [3.63, 3.8) is 0 Å². The molecule has 3 saturated heterocycles. The van der Waals surface area contributed by atoms with E-state index in [0.29, 0.717) is 0 Å². The molecule has 0 bridgehead atoms. The summed E-state index contributed by atoms with van der Waals surface area (Å²) in [7, 11) is -1.25. The third-order valence-corrected chi connectivity index (χ3v) is 18.3. The first-order chi connectivity index (χ1) is 29.5. The number of aromatic nitrogens is 4. The van der Waals surface area contributed by atoms with Crippen molar-refractivity contribution in [2.24, 2.45) is 0 Å². The number of hydrogen-bond donors (Lipinski definition) is 0. The van der Waals surface area contributed by atoms with E-state index in [2.05, 4.69) is 0 Å². The van der Waals surface area contributed by atoms with Gasteiger partial charge in [0.15, 0.2) is 26.9 Å². The van der Waals surface area contributed by atoms with E-state index in [1.54, 1.807) is 0 Å². The lowest BCUT2D eigenvalue weighted by atomic mass is 10.1. The second-order valence-electron chi connectivity index (χ2n) is 16.7. The smallest absolute Gasteiger partial charge is 0.335 e. The van der Waals surface area contributed by atoms with Gasteiger partial charge >= 0.3 is 18.1 Å². The molecule has 5 heterocycles. The summed E-state index contributed by atoms with van der Waals surface area (Å²) in [5.41, 5.74) is -1.00. The van der Waals surface area contributed by atoms with Crippen molar-refractivity contribution in [2.45, 2.75) is 115 Å². The van der Waals surface area contributed by atoms with E-state index in [1.165, 1.54) is 30.1 Å². The number of benzene rings is 2. The van der Waals surface area contributed by atoms with Crippen molar-refractivity contribution in [1.82, 2.24) is 18.3 Å². The maximum Gasteiger partial charge on any atom is 0.335 e. The van der Waals surface area contributed by atoms with Crippen molar-refractivity contribution in [2.75, 3.05) is 20.3 Å². The number of hydrogen-bond acceptors (Lipinski definition) is 14. The molecule has 0 radical (unpaired) electrons. The lowest BCUT2D eigenvalue weighted by Gasteiger charge is -2.40. The molecule has 62 heavy (non-hydrogen) atoms. The quantitative estimate of drug-likeness (QED) is 0.113. The summed E-state index contributed by atoms with van der Waals surface area (Å²) >= 11 is 5.82. The molecule has 17 nitrogen and oxygen atoms in total. The molecule has 0 spiro atoms. The van der Waals surface area contributed by atoms with Crippen LogP contribution in [0.3, 0.4) is 0 Å². The maximum absolute atomic E-state index is 16.8. The van der Waals surface area contributed by atoms with Crippen LogP contribution in [-0.2, 0) is 80.2 Å². The van der Waals surface area contributed by atoms with Gasteiger partial charge in [-0.1, -0.05) is 81.4 Å². The molecule has 2 aromatic heterocycles. The fourth-order valence-electron chi connectivity index (χ4n) is 7.08. The van der Waals surface area contributed by atoms with Crippen molar-refractivity contribution >= 4 is 26.8 Å². The number of nitrogens with zero attached hydrogens (tertiary/aromatic N) is 4. The van der Waals surface area contributed by atoms with Gasteiger partial charge in [0.25, 0.3) is 11.1 Å². The minimum Gasteiger partial charge on any atom is -0.408 e. The highest BCUT2D eigenvalue weighted by Gasteiger charge is 2.55. The van der Waals surface area contributed by atoms with Crippen LogP contribution in [0.5, 0.6) is 0 Å². The predicted molar refractivity (Wildman–Crippen MR) is 229 cm³/mol. The molecule has 4 aromatic rings. The maximum atomic E-state index is 16.8. The standard InChI is InChI=1S/C41H52FN4O13PSSi/c1-41(2,3)62(5,6)59-34-29(56-37(33(34)42)43-19-17-31(47)45(39(43)49)25-52-21-27-13-9-7-10-14-27)23-54-60(61)55-24-30-35(58-60)36(51-4)38(57-30)44-20-18-32(48)46(40(44)50)26-53-22-28-15-11-8-12-16-28/h7-20,29-30,33-38H,21-26H2,1-6H3/t29-,30-,33-,34-,35-,36-,37-,38-,60+/m1/s1. The van der Waals surface area contributed by atoms with Gasteiger partial charge in [-0.15, -0.1) is 0 Å². The zero-order valence-corrected chi connectivity index (χ0v) is 38.0. The Morgan fingerprint density at radius 3 is 1.84 bits per heavy atom. The Morgan fingerprint density at radius 2 is 1.32 bits per heavy atom. The fraction of sp³-hybridized carbons (Fsp3) is 0.512. The van der Waals surface area contributed by atoms with Gasteiger partial charge in [0.2, 0.25) is 0 Å². The number of halogens is 1. The minimum absolute atomic E-state index is 0.0973. The van der Waals surface area contributed by atoms with Gasteiger partial charge in [0, 0.05) is 31.6 Å². The zero-order chi connectivity index (χ0) is 44.4. The molecule has 0 aliphatic carbocycles. The Balaban J connectivity index is 1.07. The molecule has 0 unspecified atom stereocenters. The molecule has 3 fully saturated rings. The summed E-state index contributed by atoms with van der Waals surface area (Å²) in [6.07, 6.45) is -6.77. The number of methoxy groups -OCH3 is 1. The fourth-order valence-corrected chi connectivity index (χ4v) is 10.5. The molecule has 3 aliphatic rings. The normalized spacial score (nSPS) is 27.7. The number of rotatable bonds is 16. The molecule has 2 aromatic carbocycles. The summed E-state index contributed by atoms with van der Waals surface area (Å²) < 4.78 is 75.6. The van der Waals surface area contributed by atoms with E-state index in [4.69, 9.17) is 53.5 Å². The van der Waals surface area contributed by atoms with Gasteiger partial charge < -0.3 is 37.2 Å². The summed E-state index contributed by atoms with van der Waals surface area (Å²) in [5.74, 6) is 0. The van der Waals surface area contributed by atoms with E-state index in [0.717, 1.165) is 30.9 Å². The largest absolute Gasteiger partial charge is 0.408 e. The van der Waals surface area contributed by atoms with Crippen LogP contribution in [0.15, 0.2) is 104 Å². The topological polar surface area (TPSA) is 171 Å². The monoisotopic (exact) mass is 918 g/mol. The first kappa shape index (κ1) is 46.2. The van der Waals surface area contributed by atoms with E-state index >= 15 is 4.39 Å². The number of fused-ring (bicyclic) bond motifs is 1. The highest BCUT2D eigenvalue weighted by atomic mass is 32.5. The van der Waals surface area contributed by atoms with Crippen LogP contribution >= 0.6 is 6.72 Å². The molecule has 9 atom stereocenters. The lowest BCUT2D eigenvalue weighted by Crippen LogP contribution is -2.49. The van der Waals surface area contributed by atoms with Crippen molar-refractivity contribution < 1.29 is 46.1 Å². The van der Waals surface area contributed by atoms with Crippen LogP contribution < -0.4 is 22.5 Å². The molecular weight excluding hydrogens is 867 g/mol. The Morgan fingerprint density at radius 1 is 0.790 bits per heavy atom. The number of ether oxygens (including phenoxy) is 5. The average Bonchev–Trinajstić information content (AvgIpc) is 3.75. The second-order valence-corrected chi connectivity index (χ2v) is 24.4. The van der Waals surface area contributed by atoms with Crippen molar-refractivity contribution in [3.8, 4) is 0 Å². The van der Waals surface area contributed by atoms with E-state index in [-0.39, 0.29) is 44.9 Å². The van der Waals surface area contributed by atoms with Crippen LogP contribution in [0, 0.1) is 0 Å². The first-order valence-corrected chi connectivity index (χ1v) is 25.6. The molecule has 3 aliphatic heterocycles. The molecule has 336 valence electrons. The molecule has 0 saturated carbocycles.